The number of alkyl carbamates (subject to hydrolysis) is 1. The summed E-state index contributed by atoms with van der Waals surface area (Å²) in [7, 11) is 0. The average Bonchev–Trinajstić information content (AvgIpc) is 3.44. The highest BCUT2D eigenvalue weighted by atomic mass is 32.1. The van der Waals surface area contributed by atoms with Crippen LogP contribution in [0.15, 0.2) is 53.9 Å². The maximum absolute atomic E-state index is 12.3. The van der Waals surface area contributed by atoms with Gasteiger partial charge in [0.15, 0.2) is 6.04 Å². The van der Waals surface area contributed by atoms with E-state index in [1.807, 2.05) is 24.3 Å². The number of hydrogen-bond acceptors (Lipinski definition) is 7. The van der Waals surface area contributed by atoms with E-state index in [2.05, 4.69) is 39.9 Å². The molecule has 0 aliphatic heterocycles. The molecule has 0 spiro atoms. The number of carboxylic acid groups (broad SMARTS) is 1. The van der Waals surface area contributed by atoms with Crippen LogP contribution in [0.3, 0.4) is 0 Å². The van der Waals surface area contributed by atoms with Crippen molar-refractivity contribution in [1.82, 2.24) is 15.6 Å². The zero-order chi connectivity index (χ0) is 24.1. The Morgan fingerprint density at radius 3 is 2.32 bits per heavy atom. The zero-order valence-electron chi connectivity index (χ0n) is 18.1. The number of aliphatic carboxylic acids is 1. The molecule has 9 nitrogen and oxygen atoms in total. The minimum atomic E-state index is -1.40. The molecular weight excluding hydrogens is 458 g/mol. The van der Waals surface area contributed by atoms with Crippen molar-refractivity contribution < 1.29 is 29.3 Å². The van der Waals surface area contributed by atoms with Crippen LogP contribution in [0.25, 0.3) is 11.1 Å². The molecule has 0 bridgehead atoms. The molecule has 1 aliphatic carbocycles. The van der Waals surface area contributed by atoms with Gasteiger partial charge < -0.3 is 25.6 Å². The number of aromatic nitrogens is 1. The molecule has 2 aromatic carbocycles. The quantitative estimate of drug-likeness (QED) is 0.368. The molecule has 1 aromatic heterocycles. The van der Waals surface area contributed by atoms with E-state index in [1.54, 1.807) is 0 Å². The maximum Gasteiger partial charge on any atom is 0.407 e. The fourth-order valence-electron chi connectivity index (χ4n) is 3.87. The van der Waals surface area contributed by atoms with Gasteiger partial charge in [-0.1, -0.05) is 48.5 Å². The van der Waals surface area contributed by atoms with Crippen molar-refractivity contribution >= 4 is 29.3 Å². The Balaban J connectivity index is 1.26. The van der Waals surface area contributed by atoms with Gasteiger partial charge in [0.1, 0.15) is 12.3 Å². The van der Waals surface area contributed by atoms with Gasteiger partial charge in [0, 0.05) is 24.3 Å². The van der Waals surface area contributed by atoms with Gasteiger partial charge in [-0.25, -0.2) is 14.6 Å². The number of fused-ring (bicyclic) bond motifs is 3. The van der Waals surface area contributed by atoms with E-state index < -0.39 is 30.6 Å². The molecule has 1 heterocycles. The van der Waals surface area contributed by atoms with Crippen LogP contribution in [-0.4, -0.2) is 59.0 Å². The molecule has 4 rings (SSSR count). The number of carbonyl (C=O) groups excluding carboxylic acids is 2. The SMILES string of the molecule is O=C(NCCc1nc(C(=O)N[C@@H](CO)C(=O)O)cs1)OCC1c2ccccc2-c2ccccc21. The summed E-state index contributed by atoms with van der Waals surface area (Å²) >= 11 is 1.22. The lowest BCUT2D eigenvalue weighted by atomic mass is 9.98. The summed E-state index contributed by atoms with van der Waals surface area (Å²) in [4.78, 5) is 39.4. The van der Waals surface area contributed by atoms with Gasteiger partial charge in [-0.15, -0.1) is 11.3 Å². The van der Waals surface area contributed by atoms with Crippen molar-refractivity contribution in [3.63, 3.8) is 0 Å². The molecule has 3 aromatic rings. The first-order chi connectivity index (χ1) is 16.5. The van der Waals surface area contributed by atoms with E-state index in [1.165, 1.54) is 16.7 Å². The summed E-state index contributed by atoms with van der Waals surface area (Å²) in [6.07, 6.45) is -0.159. The van der Waals surface area contributed by atoms with E-state index in [9.17, 15) is 14.4 Å². The third kappa shape index (κ3) is 5.08. The van der Waals surface area contributed by atoms with E-state index >= 15 is 0 Å². The predicted octanol–water partition coefficient (Wildman–Crippen LogP) is 2.40. The number of amides is 2. The van der Waals surface area contributed by atoms with Crippen molar-refractivity contribution in [3.8, 4) is 11.1 Å². The van der Waals surface area contributed by atoms with Gasteiger partial charge in [-0.3, -0.25) is 4.79 Å². The lowest BCUT2D eigenvalue weighted by Gasteiger charge is -2.14. The molecular formula is C24H23N3O6S. The van der Waals surface area contributed by atoms with Crippen molar-refractivity contribution in [3.05, 3.63) is 75.7 Å². The number of nitrogens with zero attached hydrogens (tertiary/aromatic N) is 1. The first-order valence-corrected chi connectivity index (χ1v) is 11.5. The second-order valence-corrected chi connectivity index (χ2v) is 8.62. The number of hydrogen-bond donors (Lipinski definition) is 4. The van der Waals surface area contributed by atoms with Crippen molar-refractivity contribution in [2.24, 2.45) is 0 Å². The Kier molecular flexibility index (Phi) is 7.19. The molecule has 34 heavy (non-hydrogen) atoms. The number of carbonyl (C=O) groups is 3. The summed E-state index contributed by atoms with van der Waals surface area (Å²) in [5.74, 6) is -2.04. The summed E-state index contributed by atoms with van der Waals surface area (Å²) in [6, 6.07) is 14.8. The summed E-state index contributed by atoms with van der Waals surface area (Å²) in [6.45, 7) is -0.237. The largest absolute Gasteiger partial charge is 0.480 e. The Bertz CT molecular complexity index is 1170. The van der Waals surface area contributed by atoms with Crippen LogP contribution in [0, 0.1) is 0 Å². The molecule has 10 heteroatoms. The second kappa shape index (κ2) is 10.4. The number of benzene rings is 2. The topological polar surface area (TPSA) is 138 Å². The number of aliphatic hydroxyl groups is 1. The Morgan fingerprint density at radius 1 is 1.06 bits per heavy atom. The lowest BCUT2D eigenvalue weighted by Crippen LogP contribution is -2.43. The lowest BCUT2D eigenvalue weighted by molar-refractivity contribution is -0.140. The number of ether oxygens (including phenoxy) is 1. The van der Waals surface area contributed by atoms with Gasteiger partial charge >= 0.3 is 12.1 Å². The fourth-order valence-corrected chi connectivity index (χ4v) is 4.65. The molecule has 176 valence electrons. The number of thiazole rings is 1. The minimum absolute atomic E-state index is 0.0215. The van der Waals surface area contributed by atoms with Crippen LogP contribution < -0.4 is 10.6 Å². The van der Waals surface area contributed by atoms with Crippen LogP contribution in [-0.2, 0) is 16.0 Å². The fraction of sp³-hybridized carbons (Fsp3) is 0.250. The van der Waals surface area contributed by atoms with Gasteiger partial charge in [0.25, 0.3) is 5.91 Å². The van der Waals surface area contributed by atoms with E-state index in [0.29, 0.717) is 11.4 Å². The van der Waals surface area contributed by atoms with E-state index in [-0.39, 0.29) is 24.8 Å². The first-order valence-electron chi connectivity index (χ1n) is 10.7. The smallest absolute Gasteiger partial charge is 0.407 e. The zero-order valence-corrected chi connectivity index (χ0v) is 18.9. The van der Waals surface area contributed by atoms with E-state index in [4.69, 9.17) is 14.9 Å². The van der Waals surface area contributed by atoms with Crippen LogP contribution in [0.1, 0.15) is 32.5 Å². The average molecular weight is 482 g/mol. The van der Waals surface area contributed by atoms with Gasteiger partial charge in [-0.2, -0.15) is 0 Å². The monoisotopic (exact) mass is 481 g/mol. The Morgan fingerprint density at radius 2 is 1.71 bits per heavy atom. The number of carboxylic acids is 1. The number of aliphatic hydroxyl groups excluding tert-OH is 1. The molecule has 0 unspecified atom stereocenters. The number of rotatable bonds is 9. The van der Waals surface area contributed by atoms with Gasteiger partial charge in [-0.05, 0) is 22.3 Å². The van der Waals surface area contributed by atoms with Gasteiger partial charge in [0.05, 0.1) is 11.6 Å². The highest BCUT2D eigenvalue weighted by Crippen LogP contribution is 2.44. The molecule has 0 fully saturated rings. The molecule has 0 saturated carbocycles. The van der Waals surface area contributed by atoms with Crippen molar-refractivity contribution in [2.45, 2.75) is 18.4 Å². The Hall–Kier alpha value is -3.76. The molecule has 0 radical (unpaired) electrons. The maximum atomic E-state index is 12.3. The molecule has 2 amide bonds. The predicted molar refractivity (Wildman–Crippen MR) is 125 cm³/mol. The number of nitrogens with one attached hydrogen (secondary N) is 2. The van der Waals surface area contributed by atoms with Gasteiger partial charge in [0.2, 0.25) is 0 Å². The van der Waals surface area contributed by atoms with Crippen LogP contribution in [0.4, 0.5) is 4.79 Å². The van der Waals surface area contributed by atoms with Crippen LogP contribution in [0.2, 0.25) is 0 Å². The molecule has 0 saturated heterocycles. The molecule has 1 aliphatic rings. The third-order valence-electron chi connectivity index (χ3n) is 5.52. The highest BCUT2D eigenvalue weighted by molar-refractivity contribution is 7.09. The Labute approximate surface area is 199 Å². The highest BCUT2D eigenvalue weighted by Gasteiger charge is 2.29. The van der Waals surface area contributed by atoms with Crippen LogP contribution >= 0.6 is 11.3 Å². The standard InChI is InChI=1S/C24H23N3O6S/c28-11-19(23(30)31)27-22(29)20-13-34-21(26-20)9-10-25-24(32)33-12-18-16-7-3-1-5-14(16)15-6-2-4-8-17(15)18/h1-8,13,18-19,28H,9-12H2,(H,25,32)(H,27,29)(H,30,31)/t19-/m0/s1. The minimum Gasteiger partial charge on any atom is -0.480 e. The molecule has 1 atom stereocenters. The van der Waals surface area contributed by atoms with E-state index in [0.717, 1.165) is 22.3 Å². The molecule has 4 N–H and O–H groups in total. The van der Waals surface area contributed by atoms with Crippen LogP contribution in [0.5, 0.6) is 0 Å². The summed E-state index contributed by atoms with van der Waals surface area (Å²) in [5.41, 5.74) is 4.64. The second-order valence-electron chi connectivity index (χ2n) is 7.68. The summed E-state index contributed by atoms with van der Waals surface area (Å²) in [5, 5.41) is 24.9. The van der Waals surface area contributed by atoms with Crippen molar-refractivity contribution in [2.75, 3.05) is 19.8 Å². The van der Waals surface area contributed by atoms with Crippen molar-refractivity contribution in [1.29, 1.82) is 0 Å². The normalized spacial score (nSPS) is 13.0. The third-order valence-corrected chi connectivity index (χ3v) is 6.43. The first kappa shape index (κ1) is 23.4. The summed E-state index contributed by atoms with van der Waals surface area (Å²) < 4.78 is 5.49.